The van der Waals surface area contributed by atoms with Gasteiger partial charge in [0.2, 0.25) is 0 Å². The average Bonchev–Trinajstić information content (AvgIpc) is 2.01. The summed E-state index contributed by atoms with van der Waals surface area (Å²) in [6.45, 7) is 2.80. The summed E-state index contributed by atoms with van der Waals surface area (Å²) in [6, 6.07) is 0. The van der Waals surface area contributed by atoms with Gasteiger partial charge in [0.1, 0.15) is 19.2 Å². The van der Waals surface area contributed by atoms with Crippen LogP contribution in [0.1, 0.15) is 6.92 Å². The van der Waals surface area contributed by atoms with E-state index in [1.54, 1.807) is 0 Å². The second-order valence-corrected chi connectivity index (χ2v) is 4.51. The lowest BCUT2D eigenvalue weighted by molar-refractivity contribution is -0.870. The van der Waals surface area contributed by atoms with Crippen molar-refractivity contribution < 1.29 is 23.9 Å². The minimum atomic E-state index is -1.16. The Morgan fingerprint density at radius 3 is 1.81 bits per heavy atom. The van der Waals surface area contributed by atoms with Crippen molar-refractivity contribution in [1.29, 1.82) is 0 Å². The lowest BCUT2D eigenvalue weighted by Gasteiger charge is -2.23. The molecule has 0 unspecified atom stereocenters. The van der Waals surface area contributed by atoms with E-state index in [9.17, 15) is 14.7 Å². The number of quaternary nitrogens is 1. The van der Waals surface area contributed by atoms with E-state index in [0.29, 0.717) is 6.61 Å². The summed E-state index contributed by atoms with van der Waals surface area (Å²) in [5.74, 6) is -0.201. The molecule has 1 amide bonds. The van der Waals surface area contributed by atoms with Crippen LogP contribution < -0.4 is 5.11 Å². The fourth-order valence-electron chi connectivity index (χ4n) is 0.463. The number of carbonyl (C=O) groups is 2. The lowest BCUT2D eigenvalue weighted by atomic mass is 10.5. The molecule has 0 spiro atoms. The van der Waals surface area contributed by atoms with Gasteiger partial charge in [0.05, 0.1) is 21.1 Å². The highest BCUT2D eigenvalue weighted by Gasteiger charge is 2.06. The summed E-state index contributed by atoms with van der Waals surface area (Å²) in [7, 11) is 9.00. The van der Waals surface area contributed by atoms with Crippen LogP contribution in [0.15, 0.2) is 0 Å². The molecule has 0 aromatic rings. The molecule has 0 aliphatic rings. The van der Waals surface area contributed by atoms with Gasteiger partial charge in [-0.2, -0.15) is 0 Å². The Bertz CT molecular complexity index is 221. The van der Waals surface area contributed by atoms with Crippen molar-refractivity contribution in [3.63, 3.8) is 0 Å². The number of carboxylic acid groups (broad SMARTS) is 1. The largest absolute Gasteiger partial charge is 0.530 e. The first kappa shape index (κ1) is 17.1. The van der Waals surface area contributed by atoms with Gasteiger partial charge in [-0.25, -0.2) is 0 Å². The molecule has 0 saturated heterocycles. The smallest absolute Gasteiger partial charge is 0.302 e. The molecule has 0 heterocycles. The van der Waals surface area contributed by atoms with Crippen molar-refractivity contribution in [1.82, 2.24) is 4.90 Å². The maximum Gasteiger partial charge on any atom is 0.302 e. The normalized spacial score (nSPS) is 9.88. The van der Waals surface area contributed by atoms with Crippen LogP contribution in [-0.4, -0.2) is 69.8 Å². The Balaban J connectivity index is 0. The number of amides is 1. The van der Waals surface area contributed by atoms with Crippen molar-refractivity contribution in [2.45, 2.75) is 6.92 Å². The molecule has 0 aliphatic heterocycles. The average molecular weight is 234 g/mol. The topological polar surface area (TPSA) is 69.7 Å². The maximum absolute atomic E-state index is 10.3. The minimum absolute atomic E-state index is 0.201. The van der Waals surface area contributed by atoms with Gasteiger partial charge in [-0.15, -0.1) is 0 Å². The van der Waals surface area contributed by atoms with Gasteiger partial charge in [-0.1, -0.05) is 0 Å². The SMILES string of the molecule is CC(=O)OCC[N+](C)(C)C.CN(C)C(=O)[O-]. The predicted octanol–water partition coefficient (Wildman–Crippen LogP) is -0.853. The molecule has 0 atom stereocenters. The molecule has 0 bridgehead atoms. The van der Waals surface area contributed by atoms with Gasteiger partial charge in [0, 0.05) is 21.0 Å². The van der Waals surface area contributed by atoms with Gasteiger partial charge < -0.3 is 24.0 Å². The van der Waals surface area contributed by atoms with Crippen LogP contribution >= 0.6 is 0 Å². The Morgan fingerprint density at radius 2 is 1.62 bits per heavy atom. The van der Waals surface area contributed by atoms with Gasteiger partial charge in [-0.05, 0) is 0 Å². The van der Waals surface area contributed by atoms with Crippen LogP contribution in [0.5, 0.6) is 0 Å². The molecular weight excluding hydrogens is 212 g/mol. The Hall–Kier alpha value is -1.30. The number of likely N-dealkylation sites (N-methyl/N-ethyl adjacent to an activating group) is 1. The van der Waals surface area contributed by atoms with E-state index in [1.165, 1.54) is 21.0 Å². The molecule has 6 heteroatoms. The van der Waals surface area contributed by atoms with Gasteiger partial charge in [-0.3, -0.25) is 4.79 Å². The second kappa shape index (κ2) is 7.92. The van der Waals surface area contributed by atoms with Gasteiger partial charge >= 0.3 is 5.97 Å². The fraction of sp³-hybridized carbons (Fsp3) is 0.800. The number of hydrogen-bond donors (Lipinski definition) is 0. The van der Waals surface area contributed by atoms with Gasteiger partial charge in [0.25, 0.3) is 0 Å². The van der Waals surface area contributed by atoms with Crippen molar-refractivity contribution in [2.24, 2.45) is 0 Å². The summed E-state index contributed by atoms with van der Waals surface area (Å²) in [4.78, 5) is 20.8. The zero-order valence-electron chi connectivity index (χ0n) is 10.9. The maximum atomic E-state index is 10.3. The van der Waals surface area contributed by atoms with Crippen LogP contribution in [0.4, 0.5) is 4.79 Å². The van der Waals surface area contributed by atoms with Crippen LogP contribution in [0.2, 0.25) is 0 Å². The number of rotatable bonds is 3. The molecule has 0 saturated carbocycles. The molecule has 16 heavy (non-hydrogen) atoms. The molecule has 0 N–H and O–H groups in total. The third kappa shape index (κ3) is 18.5. The van der Waals surface area contributed by atoms with Crippen molar-refractivity contribution in [2.75, 3.05) is 48.4 Å². The standard InChI is InChI=1S/C7H16NO2.C3H7NO2/c1-7(9)10-6-5-8(2,3)4;1-4(2)3(5)6/h5-6H2,1-4H3;1-2H3,(H,5,6)/q+1;/p-1. The number of esters is 1. The molecular formula is C10H22N2O4. The first-order valence-electron chi connectivity index (χ1n) is 4.88. The minimum Gasteiger partial charge on any atom is -0.530 e. The molecule has 6 nitrogen and oxygen atoms in total. The fourth-order valence-corrected chi connectivity index (χ4v) is 0.463. The number of ether oxygens (including phenoxy) is 1. The van der Waals surface area contributed by atoms with Crippen LogP contribution in [0.25, 0.3) is 0 Å². The quantitative estimate of drug-likeness (QED) is 0.471. The van der Waals surface area contributed by atoms with E-state index in [1.807, 2.05) is 0 Å². The second-order valence-electron chi connectivity index (χ2n) is 4.51. The molecule has 0 radical (unpaired) electrons. The third-order valence-electron chi connectivity index (χ3n) is 1.43. The van der Waals surface area contributed by atoms with Crippen LogP contribution in [-0.2, 0) is 9.53 Å². The van der Waals surface area contributed by atoms with Crippen LogP contribution in [0, 0.1) is 0 Å². The number of carbonyl (C=O) groups excluding carboxylic acids is 2. The molecule has 0 rings (SSSR count). The van der Waals surface area contributed by atoms with Crippen molar-refractivity contribution >= 4 is 12.1 Å². The molecule has 0 aromatic carbocycles. The summed E-state index contributed by atoms with van der Waals surface area (Å²) in [6.07, 6.45) is -1.16. The Labute approximate surface area is 97.0 Å². The van der Waals surface area contributed by atoms with E-state index in [4.69, 9.17) is 4.74 Å². The van der Waals surface area contributed by atoms with Gasteiger partial charge in [0.15, 0.2) is 0 Å². The van der Waals surface area contributed by atoms with Crippen molar-refractivity contribution in [3.05, 3.63) is 0 Å². The number of hydrogen-bond acceptors (Lipinski definition) is 4. The first-order chi connectivity index (χ1) is 7.06. The van der Waals surface area contributed by atoms with E-state index in [0.717, 1.165) is 15.9 Å². The summed E-state index contributed by atoms with van der Waals surface area (Å²) in [5.41, 5.74) is 0. The highest BCUT2D eigenvalue weighted by atomic mass is 16.5. The van der Waals surface area contributed by atoms with E-state index >= 15 is 0 Å². The lowest BCUT2D eigenvalue weighted by Crippen LogP contribution is -2.37. The van der Waals surface area contributed by atoms with E-state index in [-0.39, 0.29) is 5.97 Å². The monoisotopic (exact) mass is 234 g/mol. The zero-order chi connectivity index (χ0) is 13.4. The number of nitrogens with zero attached hydrogens (tertiary/aromatic N) is 2. The first-order valence-corrected chi connectivity index (χ1v) is 4.88. The molecule has 96 valence electrons. The molecule has 0 aliphatic carbocycles. The Kier molecular flexibility index (Phi) is 8.47. The van der Waals surface area contributed by atoms with Crippen LogP contribution in [0.3, 0.4) is 0 Å². The summed E-state index contributed by atoms with van der Waals surface area (Å²) >= 11 is 0. The highest BCUT2D eigenvalue weighted by molar-refractivity contribution is 5.65. The summed E-state index contributed by atoms with van der Waals surface area (Å²) in [5, 5.41) is 9.51. The highest BCUT2D eigenvalue weighted by Crippen LogP contribution is 1.89. The van der Waals surface area contributed by atoms with E-state index in [2.05, 4.69) is 21.1 Å². The predicted molar refractivity (Wildman–Crippen MR) is 58.6 cm³/mol. The van der Waals surface area contributed by atoms with E-state index < -0.39 is 6.09 Å². The zero-order valence-corrected chi connectivity index (χ0v) is 10.9. The summed E-state index contributed by atoms with van der Waals surface area (Å²) < 4.78 is 5.59. The Morgan fingerprint density at radius 1 is 1.25 bits per heavy atom. The third-order valence-corrected chi connectivity index (χ3v) is 1.43. The molecule has 0 aromatic heterocycles. The van der Waals surface area contributed by atoms with Crippen molar-refractivity contribution in [3.8, 4) is 0 Å². The molecule has 0 fully saturated rings.